The molecule has 0 bridgehead atoms. The lowest BCUT2D eigenvalue weighted by Gasteiger charge is -2.20. The van der Waals surface area contributed by atoms with Crippen LogP contribution in [-0.4, -0.2) is 29.3 Å². The Balaban J connectivity index is 2.40. The SMILES string of the molecule is CC(C)(C)NCc1cccc(OCCOC(C)(C)C)n1. The summed E-state index contributed by atoms with van der Waals surface area (Å²) in [5.74, 6) is 0.649. The molecule has 114 valence electrons. The highest BCUT2D eigenvalue weighted by molar-refractivity contribution is 5.15. The quantitative estimate of drug-likeness (QED) is 0.813. The van der Waals surface area contributed by atoms with Crippen LogP contribution in [0.1, 0.15) is 47.2 Å². The molecule has 0 aliphatic carbocycles. The van der Waals surface area contributed by atoms with Gasteiger partial charge in [-0.2, -0.15) is 0 Å². The average Bonchev–Trinajstić information content (AvgIpc) is 2.31. The summed E-state index contributed by atoms with van der Waals surface area (Å²) in [4.78, 5) is 4.47. The first-order chi connectivity index (χ1) is 9.16. The molecule has 4 nitrogen and oxygen atoms in total. The fourth-order valence-corrected chi connectivity index (χ4v) is 1.49. The summed E-state index contributed by atoms with van der Waals surface area (Å²) in [5.41, 5.74) is 0.933. The van der Waals surface area contributed by atoms with Crippen LogP contribution in [0.3, 0.4) is 0 Å². The Morgan fingerprint density at radius 2 is 1.75 bits per heavy atom. The molecule has 0 saturated heterocycles. The Kier molecular flexibility index (Phi) is 5.96. The molecule has 1 N–H and O–H groups in total. The van der Waals surface area contributed by atoms with Crippen molar-refractivity contribution in [1.82, 2.24) is 10.3 Å². The third-order valence-corrected chi connectivity index (χ3v) is 2.45. The van der Waals surface area contributed by atoms with Crippen molar-refractivity contribution < 1.29 is 9.47 Å². The minimum absolute atomic E-state index is 0.0824. The molecule has 0 fully saturated rings. The van der Waals surface area contributed by atoms with Gasteiger partial charge in [-0.15, -0.1) is 0 Å². The number of aromatic nitrogens is 1. The molecule has 4 heteroatoms. The number of hydrogen-bond acceptors (Lipinski definition) is 4. The highest BCUT2D eigenvalue weighted by Crippen LogP contribution is 2.10. The second-order valence-corrected chi connectivity index (χ2v) is 6.88. The van der Waals surface area contributed by atoms with Crippen LogP contribution in [-0.2, 0) is 11.3 Å². The van der Waals surface area contributed by atoms with Crippen molar-refractivity contribution >= 4 is 0 Å². The molecule has 0 unspecified atom stereocenters. The lowest BCUT2D eigenvalue weighted by atomic mass is 10.1. The Labute approximate surface area is 122 Å². The summed E-state index contributed by atoms with van der Waals surface area (Å²) in [6.45, 7) is 14.3. The third kappa shape index (κ3) is 8.12. The van der Waals surface area contributed by atoms with Gasteiger partial charge in [0.2, 0.25) is 5.88 Å². The van der Waals surface area contributed by atoms with Gasteiger partial charge in [0, 0.05) is 18.2 Å². The van der Waals surface area contributed by atoms with Gasteiger partial charge in [0.05, 0.1) is 17.9 Å². The Bertz CT molecular complexity index is 406. The monoisotopic (exact) mass is 280 g/mol. The number of nitrogens with zero attached hydrogens (tertiary/aromatic N) is 1. The first kappa shape index (κ1) is 16.9. The van der Waals surface area contributed by atoms with Crippen LogP contribution in [0.5, 0.6) is 5.88 Å². The van der Waals surface area contributed by atoms with Crippen LogP contribution in [0.4, 0.5) is 0 Å². The summed E-state index contributed by atoms with van der Waals surface area (Å²) in [7, 11) is 0. The highest BCUT2D eigenvalue weighted by Gasteiger charge is 2.10. The van der Waals surface area contributed by atoms with E-state index in [4.69, 9.17) is 9.47 Å². The molecule has 1 aromatic rings. The van der Waals surface area contributed by atoms with E-state index in [0.29, 0.717) is 19.1 Å². The van der Waals surface area contributed by atoms with Gasteiger partial charge in [-0.1, -0.05) is 6.07 Å². The van der Waals surface area contributed by atoms with Crippen molar-refractivity contribution in [3.05, 3.63) is 23.9 Å². The Hall–Kier alpha value is -1.13. The fraction of sp³-hybridized carbons (Fsp3) is 0.688. The van der Waals surface area contributed by atoms with Gasteiger partial charge in [0.15, 0.2) is 0 Å². The largest absolute Gasteiger partial charge is 0.475 e. The zero-order chi connectivity index (χ0) is 15.2. The first-order valence-corrected chi connectivity index (χ1v) is 7.13. The molecule has 0 amide bonds. The zero-order valence-electron chi connectivity index (χ0n) is 13.6. The molecule has 0 spiro atoms. The van der Waals surface area contributed by atoms with Crippen LogP contribution in [0.15, 0.2) is 18.2 Å². The number of rotatable bonds is 6. The average molecular weight is 280 g/mol. The van der Waals surface area contributed by atoms with E-state index < -0.39 is 0 Å². The maximum Gasteiger partial charge on any atom is 0.213 e. The maximum atomic E-state index is 5.61. The van der Waals surface area contributed by atoms with Gasteiger partial charge in [0.1, 0.15) is 6.61 Å². The smallest absolute Gasteiger partial charge is 0.213 e. The van der Waals surface area contributed by atoms with Crippen molar-refractivity contribution in [1.29, 1.82) is 0 Å². The second kappa shape index (κ2) is 7.04. The standard InChI is InChI=1S/C16H28N2O2/c1-15(2,3)17-12-13-8-7-9-14(18-13)19-10-11-20-16(4,5)6/h7-9,17H,10-12H2,1-6H3. The van der Waals surface area contributed by atoms with Crippen LogP contribution in [0.25, 0.3) is 0 Å². The van der Waals surface area contributed by atoms with E-state index in [9.17, 15) is 0 Å². The van der Waals surface area contributed by atoms with Gasteiger partial charge in [-0.25, -0.2) is 4.98 Å². The van der Waals surface area contributed by atoms with Crippen molar-refractivity contribution in [3.8, 4) is 5.88 Å². The maximum absolute atomic E-state index is 5.61. The molecule has 0 aliphatic rings. The summed E-state index contributed by atoms with van der Waals surface area (Å²) in [5, 5.41) is 3.41. The number of ether oxygens (including phenoxy) is 2. The van der Waals surface area contributed by atoms with Gasteiger partial charge < -0.3 is 14.8 Å². The minimum atomic E-state index is -0.130. The van der Waals surface area contributed by atoms with Crippen LogP contribution in [0.2, 0.25) is 0 Å². The minimum Gasteiger partial charge on any atom is -0.475 e. The van der Waals surface area contributed by atoms with Crippen molar-refractivity contribution in [2.75, 3.05) is 13.2 Å². The number of pyridine rings is 1. The molecule has 0 aromatic carbocycles. The third-order valence-electron chi connectivity index (χ3n) is 2.45. The van der Waals surface area contributed by atoms with Crippen molar-refractivity contribution in [2.24, 2.45) is 0 Å². The van der Waals surface area contributed by atoms with Crippen molar-refractivity contribution in [3.63, 3.8) is 0 Å². The van der Waals surface area contributed by atoms with E-state index in [0.717, 1.165) is 12.2 Å². The molecule has 0 atom stereocenters. The van der Waals surface area contributed by atoms with Gasteiger partial charge in [0.25, 0.3) is 0 Å². The molecule has 1 heterocycles. The summed E-state index contributed by atoms with van der Waals surface area (Å²) in [6.07, 6.45) is 0. The van der Waals surface area contributed by atoms with Gasteiger partial charge in [-0.3, -0.25) is 0 Å². The second-order valence-electron chi connectivity index (χ2n) is 6.88. The predicted octanol–water partition coefficient (Wildman–Crippen LogP) is 3.16. The number of hydrogen-bond donors (Lipinski definition) is 1. The van der Waals surface area contributed by atoms with E-state index in [1.165, 1.54) is 0 Å². The topological polar surface area (TPSA) is 43.4 Å². The molecular weight excluding hydrogens is 252 g/mol. The summed E-state index contributed by atoms with van der Waals surface area (Å²) in [6, 6.07) is 5.83. The van der Waals surface area contributed by atoms with Crippen LogP contribution in [0, 0.1) is 0 Å². The summed E-state index contributed by atoms with van der Waals surface area (Å²) >= 11 is 0. The molecular formula is C16H28N2O2. The van der Waals surface area contributed by atoms with E-state index in [1.807, 2.05) is 39.0 Å². The van der Waals surface area contributed by atoms with E-state index in [-0.39, 0.29) is 11.1 Å². The molecule has 1 rings (SSSR count). The predicted molar refractivity (Wildman–Crippen MR) is 82.0 cm³/mol. The van der Waals surface area contributed by atoms with E-state index in [1.54, 1.807) is 0 Å². The normalized spacial score (nSPS) is 12.5. The van der Waals surface area contributed by atoms with Gasteiger partial charge >= 0.3 is 0 Å². The van der Waals surface area contributed by atoms with Crippen LogP contribution >= 0.6 is 0 Å². The van der Waals surface area contributed by atoms with Gasteiger partial charge in [-0.05, 0) is 47.6 Å². The molecule has 0 radical (unpaired) electrons. The lowest BCUT2D eigenvalue weighted by molar-refractivity contribution is -0.0168. The Morgan fingerprint density at radius 1 is 1.05 bits per heavy atom. The van der Waals surface area contributed by atoms with Crippen LogP contribution < -0.4 is 10.1 Å². The first-order valence-electron chi connectivity index (χ1n) is 7.13. The van der Waals surface area contributed by atoms with E-state index >= 15 is 0 Å². The zero-order valence-corrected chi connectivity index (χ0v) is 13.6. The molecule has 20 heavy (non-hydrogen) atoms. The molecule has 0 aliphatic heterocycles. The number of nitrogens with one attached hydrogen (secondary N) is 1. The lowest BCUT2D eigenvalue weighted by Crippen LogP contribution is -2.35. The fourth-order valence-electron chi connectivity index (χ4n) is 1.49. The molecule has 1 aromatic heterocycles. The van der Waals surface area contributed by atoms with E-state index in [2.05, 4.69) is 31.1 Å². The van der Waals surface area contributed by atoms with Crippen molar-refractivity contribution in [2.45, 2.75) is 59.2 Å². The summed E-state index contributed by atoms with van der Waals surface area (Å²) < 4.78 is 11.2. The Morgan fingerprint density at radius 3 is 2.35 bits per heavy atom. The highest BCUT2D eigenvalue weighted by atomic mass is 16.5. The molecule has 0 saturated carbocycles.